The molecule has 0 amide bonds. The van der Waals surface area contributed by atoms with Crippen molar-refractivity contribution < 1.29 is 5.11 Å². The van der Waals surface area contributed by atoms with Crippen LogP contribution in [-0.4, -0.2) is 60.3 Å². The lowest BCUT2D eigenvalue weighted by Crippen LogP contribution is -2.45. The highest BCUT2D eigenvalue weighted by Crippen LogP contribution is 2.31. The van der Waals surface area contributed by atoms with Crippen LogP contribution in [0.15, 0.2) is 0 Å². The van der Waals surface area contributed by atoms with E-state index in [-0.39, 0.29) is 5.60 Å². The SMILES string of the molecule is CN1CCN(CCCC2(O)CCCCC2)CC1. The molecule has 1 saturated carbocycles. The highest BCUT2D eigenvalue weighted by Gasteiger charge is 2.28. The molecular weight excluding hydrogens is 212 g/mol. The zero-order valence-electron chi connectivity index (χ0n) is 11.3. The first-order valence-electron chi connectivity index (χ1n) is 7.31. The van der Waals surface area contributed by atoms with E-state index in [1.165, 1.54) is 58.4 Å². The van der Waals surface area contributed by atoms with E-state index in [1.807, 2.05) is 0 Å². The lowest BCUT2D eigenvalue weighted by molar-refractivity contribution is -0.00811. The maximum Gasteiger partial charge on any atom is 0.0648 e. The van der Waals surface area contributed by atoms with Gasteiger partial charge < -0.3 is 14.9 Å². The second kappa shape index (κ2) is 6.17. The van der Waals surface area contributed by atoms with Gasteiger partial charge in [-0.15, -0.1) is 0 Å². The van der Waals surface area contributed by atoms with Crippen molar-refractivity contribution in [2.45, 2.75) is 50.5 Å². The zero-order chi connectivity index (χ0) is 12.1. The number of nitrogens with zero attached hydrogens (tertiary/aromatic N) is 2. The first-order valence-corrected chi connectivity index (χ1v) is 7.31. The molecule has 3 nitrogen and oxygen atoms in total. The lowest BCUT2D eigenvalue weighted by Gasteiger charge is -2.35. The second-order valence-electron chi connectivity index (χ2n) is 6.03. The minimum atomic E-state index is -0.315. The van der Waals surface area contributed by atoms with Crippen LogP contribution in [0.1, 0.15) is 44.9 Å². The molecule has 1 saturated heterocycles. The van der Waals surface area contributed by atoms with Crippen molar-refractivity contribution in [2.24, 2.45) is 0 Å². The highest BCUT2D eigenvalue weighted by molar-refractivity contribution is 4.82. The third kappa shape index (κ3) is 4.23. The summed E-state index contributed by atoms with van der Waals surface area (Å²) in [5, 5.41) is 10.4. The summed E-state index contributed by atoms with van der Waals surface area (Å²) in [6.45, 7) is 5.98. The Hall–Kier alpha value is -0.120. The molecule has 0 aromatic carbocycles. The van der Waals surface area contributed by atoms with Gasteiger partial charge in [0.05, 0.1) is 5.60 Å². The molecule has 2 aliphatic rings. The largest absolute Gasteiger partial charge is 0.390 e. The summed E-state index contributed by atoms with van der Waals surface area (Å²) in [6, 6.07) is 0. The van der Waals surface area contributed by atoms with E-state index in [1.54, 1.807) is 0 Å². The Balaban J connectivity index is 1.62. The summed E-state index contributed by atoms with van der Waals surface area (Å²) in [5.41, 5.74) is -0.315. The first-order chi connectivity index (χ1) is 8.18. The second-order valence-corrected chi connectivity index (χ2v) is 6.03. The third-order valence-corrected chi connectivity index (χ3v) is 4.50. The average Bonchev–Trinajstić information content (AvgIpc) is 2.32. The van der Waals surface area contributed by atoms with Crippen molar-refractivity contribution in [3.05, 3.63) is 0 Å². The smallest absolute Gasteiger partial charge is 0.0648 e. The molecule has 0 atom stereocenters. The van der Waals surface area contributed by atoms with Gasteiger partial charge in [0.1, 0.15) is 0 Å². The van der Waals surface area contributed by atoms with Crippen LogP contribution >= 0.6 is 0 Å². The third-order valence-electron chi connectivity index (χ3n) is 4.50. The maximum absolute atomic E-state index is 10.4. The van der Waals surface area contributed by atoms with Crippen LogP contribution in [0.2, 0.25) is 0 Å². The normalized spacial score (nSPS) is 27.2. The molecule has 0 aromatic heterocycles. The summed E-state index contributed by atoms with van der Waals surface area (Å²) in [5.74, 6) is 0. The monoisotopic (exact) mass is 240 g/mol. The number of hydrogen-bond donors (Lipinski definition) is 1. The van der Waals surface area contributed by atoms with Crippen LogP contribution in [0.5, 0.6) is 0 Å². The summed E-state index contributed by atoms with van der Waals surface area (Å²) in [6.07, 6.45) is 8.03. The molecule has 0 aromatic rings. The molecule has 0 radical (unpaired) electrons. The molecule has 2 fully saturated rings. The predicted molar refractivity (Wildman–Crippen MR) is 71.2 cm³/mol. The van der Waals surface area contributed by atoms with Crippen molar-refractivity contribution in [3.63, 3.8) is 0 Å². The minimum absolute atomic E-state index is 0.315. The molecular formula is C14H28N2O. The number of rotatable bonds is 4. The number of aliphatic hydroxyl groups is 1. The summed E-state index contributed by atoms with van der Waals surface area (Å²) < 4.78 is 0. The molecule has 100 valence electrons. The fourth-order valence-corrected chi connectivity index (χ4v) is 3.16. The molecule has 1 aliphatic heterocycles. The van der Waals surface area contributed by atoms with Gasteiger partial charge in [-0.3, -0.25) is 0 Å². The van der Waals surface area contributed by atoms with Crippen LogP contribution in [0.4, 0.5) is 0 Å². The van der Waals surface area contributed by atoms with Crippen molar-refractivity contribution >= 4 is 0 Å². The van der Waals surface area contributed by atoms with Crippen LogP contribution in [0.25, 0.3) is 0 Å². The van der Waals surface area contributed by atoms with Gasteiger partial charge in [-0.2, -0.15) is 0 Å². The lowest BCUT2D eigenvalue weighted by atomic mass is 9.82. The van der Waals surface area contributed by atoms with Gasteiger partial charge in [-0.05, 0) is 39.3 Å². The Morgan fingerprint density at radius 1 is 1.00 bits per heavy atom. The first kappa shape index (κ1) is 13.3. The van der Waals surface area contributed by atoms with Crippen LogP contribution in [0.3, 0.4) is 0 Å². The van der Waals surface area contributed by atoms with Gasteiger partial charge in [-0.1, -0.05) is 19.3 Å². The Morgan fingerprint density at radius 2 is 1.65 bits per heavy atom. The maximum atomic E-state index is 10.4. The van der Waals surface area contributed by atoms with Crippen molar-refractivity contribution in [1.82, 2.24) is 9.80 Å². The topological polar surface area (TPSA) is 26.7 Å². The van der Waals surface area contributed by atoms with Crippen molar-refractivity contribution in [1.29, 1.82) is 0 Å². The van der Waals surface area contributed by atoms with Gasteiger partial charge in [-0.25, -0.2) is 0 Å². The number of hydrogen-bond acceptors (Lipinski definition) is 3. The van der Waals surface area contributed by atoms with Gasteiger partial charge in [0.15, 0.2) is 0 Å². The fraction of sp³-hybridized carbons (Fsp3) is 1.00. The standard InChI is InChI=1S/C14H28N2O/c1-15-10-12-16(13-11-15)9-5-8-14(17)6-3-2-4-7-14/h17H,2-13H2,1H3. The fourth-order valence-electron chi connectivity index (χ4n) is 3.16. The molecule has 17 heavy (non-hydrogen) atoms. The zero-order valence-corrected chi connectivity index (χ0v) is 11.3. The van der Waals surface area contributed by atoms with Gasteiger partial charge in [0, 0.05) is 26.2 Å². The van der Waals surface area contributed by atoms with Crippen LogP contribution in [-0.2, 0) is 0 Å². The Morgan fingerprint density at radius 3 is 2.29 bits per heavy atom. The Kier molecular flexibility index (Phi) is 4.83. The van der Waals surface area contributed by atoms with Gasteiger partial charge in [0.2, 0.25) is 0 Å². The van der Waals surface area contributed by atoms with E-state index < -0.39 is 0 Å². The molecule has 1 aliphatic carbocycles. The highest BCUT2D eigenvalue weighted by atomic mass is 16.3. The predicted octanol–water partition coefficient (Wildman–Crippen LogP) is 1.71. The average molecular weight is 240 g/mol. The summed E-state index contributed by atoms with van der Waals surface area (Å²) >= 11 is 0. The van der Waals surface area contributed by atoms with E-state index >= 15 is 0 Å². The van der Waals surface area contributed by atoms with Crippen LogP contribution < -0.4 is 0 Å². The molecule has 0 spiro atoms. The van der Waals surface area contributed by atoms with Gasteiger partial charge >= 0.3 is 0 Å². The molecule has 1 heterocycles. The summed E-state index contributed by atoms with van der Waals surface area (Å²) in [4.78, 5) is 4.94. The van der Waals surface area contributed by atoms with Gasteiger partial charge in [0.25, 0.3) is 0 Å². The number of piperazine rings is 1. The van der Waals surface area contributed by atoms with Crippen molar-refractivity contribution in [3.8, 4) is 0 Å². The quantitative estimate of drug-likeness (QED) is 0.810. The van der Waals surface area contributed by atoms with E-state index in [4.69, 9.17) is 0 Å². The van der Waals surface area contributed by atoms with Crippen molar-refractivity contribution in [2.75, 3.05) is 39.8 Å². The molecule has 3 heteroatoms. The van der Waals surface area contributed by atoms with E-state index in [2.05, 4.69) is 16.8 Å². The molecule has 0 bridgehead atoms. The van der Waals surface area contributed by atoms with Crippen LogP contribution in [0, 0.1) is 0 Å². The molecule has 2 rings (SSSR count). The molecule has 0 unspecified atom stereocenters. The van der Waals surface area contributed by atoms with E-state index in [0.717, 1.165) is 19.3 Å². The van der Waals surface area contributed by atoms with E-state index in [9.17, 15) is 5.11 Å². The summed E-state index contributed by atoms with van der Waals surface area (Å²) in [7, 11) is 2.20. The molecule has 1 N–H and O–H groups in total. The van der Waals surface area contributed by atoms with E-state index in [0.29, 0.717) is 0 Å². The minimum Gasteiger partial charge on any atom is -0.390 e. The Labute approximate surface area is 106 Å². The Bertz CT molecular complexity index is 218. The number of likely N-dealkylation sites (N-methyl/N-ethyl adjacent to an activating group) is 1.